The van der Waals surface area contributed by atoms with Crippen LogP contribution in [0, 0.1) is 5.92 Å². The lowest BCUT2D eigenvalue weighted by Gasteiger charge is -2.30. The number of nitrogens with one attached hydrogen (secondary N) is 7. The standard InChI is InChI=1S/C33H49N13O10/c1-16(2)6-20(29(51)39-13-27(49)42-21(9-25(35)47)30(52)45-23(33(55)56)8-18-12-38-15-41-18)43-31(53)24-4-3-5-46(24)32(54)22(10-26(36)48)44-28(50)19(34)7-17-11-37-14-40-17/h11-12,14-16,19-24H,3-10,13,34H2,1-2H3,(H2,35,47)(H2,36,48)(H,37,40)(H,38,41)(H,39,51)(H,42,49)(H,43,53)(H,44,50)(H,45,52)(H,55,56)/t19-,20-,21-,22-,23-,24-/m0/s1. The van der Waals surface area contributed by atoms with Gasteiger partial charge in [0.25, 0.3) is 0 Å². The molecule has 2 aromatic rings. The largest absolute Gasteiger partial charge is 0.480 e. The maximum atomic E-state index is 13.7. The molecule has 306 valence electrons. The number of carbonyl (C=O) groups excluding carboxylic acids is 8. The monoisotopic (exact) mass is 787 g/mol. The summed E-state index contributed by atoms with van der Waals surface area (Å²) in [7, 11) is 0. The molecule has 1 aliphatic rings. The first-order valence-corrected chi connectivity index (χ1v) is 17.7. The lowest BCUT2D eigenvalue weighted by Crippen LogP contribution is -2.58. The van der Waals surface area contributed by atoms with Gasteiger partial charge in [0.1, 0.15) is 30.2 Å². The van der Waals surface area contributed by atoms with E-state index in [1.165, 1.54) is 29.9 Å². The number of primary amides is 2. The molecule has 6 atom stereocenters. The van der Waals surface area contributed by atoms with Crippen LogP contribution in [0.3, 0.4) is 0 Å². The molecule has 56 heavy (non-hydrogen) atoms. The van der Waals surface area contributed by atoms with E-state index in [2.05, 4.69) is 46.5 Å². The van der Waals surface area contributed by atoms with Crippen molar-refractivity contribution in [1.29, 1.82) is 0 Å². The number of carbonyl (C=O) groups is 9. The van der Waals surface area contributed by atoms with Crippen molar-refractivity contribution in [3.05, 3.63) is 36.4 Å². The number of hydrogen-bond donors (Lipinski definition) is 11. The fraction of sp³-hybridized carbons (Fsp3) is 0.545. The van der Waals surface area contributed by atoms with Gasteiger partial charge in [-0.2, -0.15) is 0 Å². The molecule has 2 aromatic heterocycles. The predicted molar refractivity (Wildman–Crippen MR) is 193 cm³/mol. The average molecular weight is 788 g/mol. The predicted octanol–water partition coefficient (Wildman–Crippen LogP) is -4.83. The van der Waals surface area contributed by atoms with E-state index in [9.17, 15) is 48.3 Å². The Hall–Kier alpha value is -6.39. The number of likely N-dealkylation sites (tertiary alicyclic amines) is 1. The number of hydrogen-bond acceptors (Lipinski definition) is 12. The first kappa shape index (κ1) is 44.0. The molecule has 0 radical (unpaired) electrons. The molecule has 23 heteroatoms. The van der Waals surface area contributed by atoms with Gasteiger partial charge in [0.05, 0.1) is 38.1 Å². The molecule has 23 nitrogen and oxygen atoms in total. The van der Waals surface area contributed by atoms with Crippen molar-refractivity contribution in [2.75, 3.05) is 13.1 Å². The normalized spacial score (nSPS) is 16.4. The number of nitrogens with zero attached hydrogens (tertiary/aromatic N) is 3. The van der Waals surface area contributed by atoms with E-state index in [0.29, 0.717) is 17.8 Å². The Morgan fingerprint density at radius 3 is 1.95 bits per heavy atom. The van der Waals surface area contributed by atoms with E-state index in [1.54, 1.807) is 13.8 Å². The molecule has 0 aromatic carbocycles. The van der Waals surface area contributed by atoms with Crippen molar-refractivity contribution in [1.82, 2.24) is 51.4 Å². The van der Waals surface area contributed by atoms with E-state index in [4.69, 9.17) is 17.2 Å². The molecule has 0 bridgehead atoms. The zero-order valence-corrected chi connectivity index (χ0v) is 30.9. The Kier molecular flexibility index (Phi) is 16.4. The van der Waals surface area contributed by atoms with Crippen LogP contribution in [0.1, 0.15) is 57.3 Å². The molecule has 0 aliphatic carbocycles. The summed E-state index contributed by atoms with van der Waals surface area (Å²) in [5.41, 5.74) is 17.6. The molecule has 0 spiro atoms. The molecular weight excluding hydrogens is 738 g/mol. The zero-order valence-electron chi connectivity index (χ0n) is 30.9. The van der Waals surface area contributed by atoms with Crippen LogP contribution in [0.2, 0.25) is 0 Å². The first-order valence-electron chi connectivity index (χ1n) is 17.7. The fourth-order valence-corrected chi connectivity index (χ4v) is 5.92. The summed E-state index contributed by atoms with van der Waals surface area (Å²) in [6.07, 6.45) is 4.86. The Bertz CT molecular complexity index is 1720. The third kappa shape index (κ3) is 13.8. The molecular formula is C33H49N13O10. The van der Waals surface area contributed by atoms with E-state index in [1.807, 2.05) is 0 Å². The van der Waals surface area contributed by atoms with Gasteiger partial charge < -0.3 is 63.8 Å². The molecule has 0 saturated carbocycles. The van der Waals surface area contributed by atoms with Crippen molar-refractivity contribution in [3.63, 3.8) is 0 Å². The Balaban J connectivity index is 1.63. The van der Waals surface area contributed by atoms with Crippen molar-refractivity contribution in [2.45, 2.75) is 95.0 Å². The van der Waals surface area contributed by atoms with Gasteiger partial charge >= 0.3 is 5.97 Å². The number of amides is 8. The Morgan fingerprint density at radius 2 is 1.39 bits per heavy atom. The van der Waals surface area contributed by atoms with Crippen LogP contribution < -0.4 is 43.8 Å². The number of H-pyrrole nitrogens is 2. The zero-order chi connectivity index (χ0) is 41.5. The number of aliphatic carboxylic acids is 1. The molecule has 14 N–H and O–H groups in total. The molecule has 1 fully saturated rings. The van der Waals surface area contributed by atoms with Crippen molar-refractivity contribution in [2.24, 2.45) is 23.1 Å². The van der Waals surface area contributed by atoms with E-state index in [-0.39, 0.29) is 38.1 Å². The van der Waals surface area contributed by atoms with E-state index in [0.717, 1.165) is 0 Å². The fourth-order valence-electron chi connectivity index (χ4n) is 5.92. The minimum Gasteiger partial charge on any atom is -0.480 e. The van der Waals surface area contributed by atoms with Gasteiger partial charge in [0, 0.05) is 43.2 Å². The summed E-state index contributed by atoms with van der Waals surface area (Å²) in [5, 5.41) is 21.5. The van der Waals surface area contributed by atoms with Gasteiger partial charge in [0.15, 0.2) is 0 Å². The molecule has 8 amide bonds. The minimum atomic E-state index is -1.59. The smallest absolute Gasteiger partial charge is 0.326 e. The number of aromatic nitrogens is 4. The summed E-state index contributed by atoms with van der Waals surface area (Å²) in [6, 6.07) is -7.87. The van der Waals surface area contributed by atoms with Crippen LogP contribution in [0.4, 0.5) is 0 Å². The topological polar surface area (TPSA) is 373 Å². The summed E-state index contributed by atoms with van der Waals surface area (Å²) >= 11 is 0. The van der Waals surface area contributed by atoms with Crippen LogP contribution >= 0.6 is 0 Å². The Morgan fingerprint density at radius 1 is 0.804 bits per heavy atom. The number of nitrogens with two attached hydrogens (primary N) is 3. The number of rotatable bonds is 22. The van der Waals surface area contributed by atoms with Crippen molar-refractivity contribution in [3.8, 4) is 0 Å². The average Bonchev–Trinajstić information content (AvgIpc) is 3.92. The van der Waals surface area contributed by atoms with Crippen LogP contribution in [0.25, 0.3) is 0 Å². The summed E-state index contributed by atoms with van der Waals surface area (Å²) in [5.74, 6) is -8.36. The van der Waals surface area contributed by atoms with Gasteiger partial charge in [-0.1, -0.05) is 13.8 Å². The second-order valence-corrected chi connectivity index (χ2v) is 13.7. The quantitative estimate of drug-likeness (QED) is 0.0534. The molecule has 0 unspecified atom stereocenters. The number of carboxylic acids is 1. The van der Waals surface area contributed by atoms with Crippen LogP contribution in [0.15, 0.2) is 25.0 Å². The third-order valence-corrected chi connectivity index (χ3v) is 8.60. The highest BCUT2D eigenvalue weighted by atomic mass is 16.4. The second kappa shape index (κ2) is 20.9. The highest BCUT2D eigenvalue weighted by Crippen LogP contribution is 2.20. The SMILES string of the molecule is CC(C)C[C@H](NC(=O)[C@@H]1CCCN1C(=O)[C@H](CC(N)=O)NC(=O)[C@@H](N)Cc1cnc[nH]1)C(=O)NCC(=O)N[C@@H](CC(N)=O)C(=O)N[C@@H](Cc1cnc[nH]1)C(=O)O. The second-order valence-electron chi connectivity index (χ2n) is 13.7. The van der Waals surface area contributed by atoms with E-state index < -0.39 is 109 Å². The van der Waals surface area contributed by atoms with E-state index >= 15 is 0 Å². The first-order chi connectivity index (χ1) is 26.4. The van der Waals surface area contributed by atoms with Gasteiger partial charge in [-0.05, 0) is 25.2 Å². The molecule has 3 rings (SSSR count). The molecule has 1 saturated heterocycles. The highest BCUT2D eigenvalue weighted by Gasteiger charge is 2.40. The Labute approximate surface area is 320 Å². The van der Waals surface area contributed by atoms with Gasteiger partial charge in [-0.25, -0.2) is 14.8 Å². The van der Waals surface area contributed by atoms with Crippen molar-refractivity contribution >= 4 is 53.2 Å². The lowest BCUT2D eigenvalue weighted by molar-refractivity contribution is -0.143. The van der Waals surface area contributed by atoms with Gasteiger partial charge in [-0.15, -0.1) is 0 Å². The summed E-state index contributed by atoms with van der Waals surface area (Å²) < 4.78 is 0. The summed E-state index contributed by atoms with van der Waals surface area (Å²) in [4.78, 5) is 129. The van der Waals surface area contributed by atoms with Crippen LogP contribution in [0.5, 0.6) is 0 Å². The highest BCUT2D eigenvalue weighted by molar-refractivity contribution is 5.98. The number of carboxylic acid groups (broad SMARTS) is 1. The minimum absolute atomic E-state index is 0.0584. The van der Waals surface area contributed by atoms with Crippen LogP contribution in [-0.2, 0) is 56.0 Å². The lowest BCUT2D eigenvalue weighted by atomic mass is 10.0. The molecule has 3 heterocycles. The number of imidazole rings is 2. The summed E-state index contributed by atoms with van der Waals surface area (Å²) in [6.45, 7) is 2.94. The van der Waals surface area contributed by atoms with Crippen molar-refractivity contribution < 1.29 is 48.3 Å². The van der Waals surface area contributed by atoms with Gasteiger partial charge in [-0.3, -0.25) is 38.4 Å². The van der Waals surface area contributed by atoms with Gasteiger partial charge in [0.2, 0.25) is 47.3 Å². The van der Waals surface area contributed by atoms with Crippen LogP contribution in [-0.4, -0.2) is 133 Å². The number of aromatic amines is 2. The maximum absolute atomic E-state index is 13.7. The molecule has 1 aliphatic heterocycles. The third-order valence-electron chi connectivity index (χ3n) is 8.60. The maximum Gasteiger partial charge on any atom is 0.326 e.